The van der Waals surface area contributed by atoms with Gasteiger partial charge in [0.05, 0.1) is 13.2 Å². The number of carbonyl (C=O) groups is 2. The standard InChI is InChI=1S/C23H23NO3/c1-16-9-11-18(12-10-16)23-19(13-14-22(26)27-3)20(15-21(25)24(23)2)17-7-5-4-6-8-17/h4-15,19,23H,1-3H3/b14-13-/t19-,23+/m0/s1. The summed E-state index contributed by atoms with van der Waals surface area (Å²) in [6.07, 6.45) is 4.93. The van der Waals surface area contributed by atoms with E-state index in [9.17, 15) is 9.59 Å². The quantitative estimate of drug-likeness (QED) is 0.612. The first-order chi connectivity index (χ1) is 13.0. The van der Waals surface area contributed by atoms with Gasteiger partial charge in [0, 0.05) is 25.1 Å². The molecule has 1 amide bonds. The lowest BCUT2D eigenvalue weighted by atomic mass is 9.79. The number of esters is 1. The molecule has 1 aliphatic heterocycles. The Hall–Kier alpha value is -3.14. The van der Waals surface area contributed by atoms with E-state index in [1.807, 2.05) is 67.6 Å². The molecule has 27 heavy (non-hydrogen) atoms. The van der Waals surface area contributed by atoms with E-state index < -0.39 is 5.97 Å². The summed E-state index contributed by atoms with van der Waals surface area (Å²) in [6.45, 7) is 2.03. The molecule has 0 fully saturated rings. The van der Waals surface area contributed by atoms with E-state index in [0.29, 0.717) is 0 Å². The summed E-state index contributed by atoms with van der Waals surface area (Å²) < 4.78 is 4.76. The number of hydrogen-bond acceptors (Lipinski definition) is 3. The fraction of sp³-hybridized carbons (Fsp3) is 0.217. The number of likely N-dealkylation sites (N-methyl/N-ethyl adjacent to an activating group) is 1. The van der Waals surface area contributed by atoms with Gasteiger partial charge in [0.1, 0.15) is 0 Å². The highest BCUT2D eigenvalue weighted by molar-refractivity contribution is 5.98. The van der Waals surface area contributed by atoms with E-state index in [2.05, 4.69) is 0 Å². The Bertz CT molecular complexity index is 882. The zero-order valence-corrected chi connectivity index (χ0v) is 15.8. The third-order valence-corrected chi connectivity index (χ3v) is 4.91. The van der Waals surface area contributed by atoms with Crippen LogP contribution in [0.25, 0.3) is 5.57 Å². The summed E-state index contributed by atoms with van der Waals surface area (Å²) in [4.78, 5) is 26.2. The van der Waals surface area contributed by atoms with Gasteiger partial charge in [0.25, 0.3) is 0 Å². The van der Waals surface area contributed by atoms with Gasteiger partial charge in [-0.05, 0) is 23.6 Å². The molecule has 138 valence electrons. The molecule has 2 atom stereocenters. The first-order valence-corrected chi connectivity index (χ1v) is 8.88. The van der Waals surface area contributed by atoms with Crippen molar-refractivity contribution in [1.29, 1.82) is 0 Å². The number of amides is 1. The van der Waals surface area contributed by atoms with Crippen LogP contribution in [0.15, 0.2) is 72.8 Å². The van der Waals surface area contributed by atoms with Gasteiger partial charge in [0.15, 0.2) is 0 Å². The number of aryl methyl sites for hydroxylation is 1. The molecule has 0 aromatic heterocycles. The summed E-state index contributed by atoms with van der Waals surface area (Å²) in [7, 11) is 3.15. The maximum atomic E-state index is 12.7. The number of methoxy groups -OCH3 is 1. The number of hydrogen-bond donors (Lipinski definition) is 0. The van der Waals surface area contributed by atoms with Crippen LogP contribution < -0.4 is 0 Å². The lowest BCUT2D eigenvalue weighted by molar-refractivity contribution is -0.134. The van der Waals surface area contributed by atoms with E-state index in [0.717, 1.165) is 22.3 Å². The molecule has 1 heterocycles. The molecule has 3 rings (SSSR count). The Balaban J connectivity index is 2.12. The second-order valence-electron chi connectivity index (χ2n) is 6.68. The van der Waals surface area contributed by atoms with Crippen LogP contribution in [0.1, 0.15) is 22.7 Å². The van der Waals surface area contributed by atoms with Crippen molar-refractivity contribution in [2.45, 2.75) is 13.0 Å². The van der Waals surface area contributed by atoms with Crippen LogP contribution >= 0.6 is 0 Å². The molecule has 0 unspecified atom stereocenters. The normalized spacial score (nSPS) is 19.9. The molecular formula is C23H23NO3. The minimum absolute atomic E-state index is 0.0536. The highest BCUT2D eigenvalue weighted by Gasteiger charge is 2.35. The van der Waals surface area contributed by atoms with Crippen molar-refractivity contribution in [3.8, 4) is 0 Å². The predicted octanol–water partition coefficient (Wildman–Crippen LogP) is 3.94. The van der Waals surface area contributed by atoms with Crippen molar-refractivity contribution < 1.29 is 14.3 Å². The van der Waals surface area contributed by atoms with Crippen molar-refractivity contribution in [3.63, 3.8) is 0 Å². The third kappa shape index (κ3) is 4.00. The van der Waals surface area contributed by atoms with Crippen LogP contribution in [-0.4, -0.2) is 30.9 Å². The van der Waals surface area contributed by atoms with E-state index in [1.165, 1.54) is 13.2 Å². The highest BCUT2D eigenvalue weighted by Crippen LogP contribution is 2.41. The molecule has 0 aliphatic carbocycles. The van der Waals surface area contributed by atoms with Gasteiger partial charge < -0.3 is 9.64 Å². The van der Waals surface area contributed by atoms with Gasteiger partial charge in [-0.15, -0.1) is 0 Å². The predicted molar refractivity (Wildman–Crippen MR) is 106 cm³/mol. The van der Waals surface area contributed by atoms with Crippen LogP contribution in [0, 0.1) is 12.8 Å². The van der Waals surface area contributed by atoms with Crippen molar-refractivity contribution in [2.24, 2.45) is 5.92 Å². The molecule has 2 aromatic carbocycles. The summed E-state index contributed by atoms with van der Waals surface area (Å²) in [6, 6.07) is 17.7. The summed E-state index contributed by atoms with van der Waals surface area (Å²) in [5, 5.41) is 0. The van der Waals surface area contributed by atoms with E-state index in [4.69, 9.17) is 4.74 Å². The van der Waals surface area contributed by atoms with Crippen molar-refractivity contribution in [3.05, 3.63) is 89.5 Å². The molecule has 0 spiro atoms. The Labute approximate surface area is 159 Å². The maximum absolute atomic E-state index is 12.7. The topological polar surface area (TPSA) is 46.6 Å². The Morgan fingerprint density at radius 1 is 1.07 bits per heavy atom. The summed E-state index contributed by atoms with van der Waals surface area (Å²) in [5.74, 6) is -0.635. The lowest BCUT2D eigenvalue weighted by Gasteiger charge is -2.38. The molecule has 1 aliphatic rings. The molecule has 0 radical (unpaired) electrons. The lowest BCUT2D eigenvalue weighted by Crippen LogP contribution is -2.38. The third-order valence-electron chi connectivity index (χ3n) is 4.91. The van der Waals surface area contributed by atoms with E-state index >= 15 is 0 Å². The van der Waals surface area contributed by atoms with Crippen LogP contribution in [0.2, 0.25) is 0 Å². The number of ether oxygens (including phenoxy) is 1. The van der Waals surface area contributed by atoms with Crippen molar-refractivity contribution in [1.82, 2.24) is 4.90 Å². The zero-order valence-electron chi connectivity index (χ0n) is 15.8. The smallest absolute Gasteiger partial charge is 0.330 e. The van der Waals surface area contributed by atoms with Gasteiger partial charge in [-0.3, -0.25) is 4.79 Å². The van der Waals surface area contributed by atoms with Gasteiger partial charge >= 0.3 is 5.97 Å². The molecule has 0 saturated carbocycles. The Morgan fingerprint density at radius 2 is 1.74 bits per heavy atom. The molecule has 4 nitrogen and oxygen atoms in total. The maximum Gasteiger partial charge on any atom is 0.330 e. The minimum atomic E-state index is -0.412. The Kier molecular flexibility index (Phi) is 5.55. The fourth-order valence-electron chi connectivity index (χ4n) is 3.44. The largest absolute Gasteiger partial charge is 0.466 e. The van der Waals surface area contributed by atoms with Crippen LogP contribution in [-0.2, 0) is 14.3 Å². The number of benzene rings is 2. The Morgan fingerprint density at radius 3 is 2.37 bits per heavy atom. The van der Waals surface area contributed by atoms with Gasteiger partial charge in [-0.1, -0.05) is 66.2 Å². The summed E-state index contributed by atoms with van der Waals surface area (Å²) in [5.41, 5.74) is 4.04. The average Bonchev–Trinajstić information content (AvgIpc) is 2.69. The summed E-state index contributed by atoms with van der Waals surface area (Å²) >= 11 is 0. The average molecular weight is 361 g/mol. The van der Waals surface area contributed by atoms with Crippen LogP contribution in [0.5, 0.6) is 0 Å². The molecule has 2 aromatic rings. The zero-order chi connectivity index (χ0) is 19.4. The minimum Gasteiger partial charge on any atom is -0.466 e. The number of carbonyl (C=O) groups excluding carboxylic acids is 2. The SMILES string of the molecule is COC(=O)/C=C\[C@H]1C(c2ccccc2)=CC(=O)N(C)[C@@H]1c1ccc(C)cc1. The number of nitrogens with zero attached hydrogens (tertiary/aromatic N) is 1. The van der Waals surface area contributed by atoms with Crippen molar-refractivity contribution >= 4 is 17.4 Å². The second-order valence-corrected chi connectivity index (χ2v) is 6.68. The molecule has 0 saturated heterocycles. The first-order valence-electron chi connectivity index (χ1n) is 8.88. The van der Waals surface area contributed by atoms with Crippen molar-refractivity contribution in [2.75, 3.05) is 14.2 Å². The monoisotopic (exact) mass is 361 g/mol. The molecule has 0 N–H and O–H groups in total. The van der Waals surface area contributed by atoms with Crippen LogP contribution in [0.4, 0.5) is 0 Å². The number of rotatable bonds is 4. The second kappa shape index (κ2) is 8.04. The fourth-order valence-corrected chi connectivity index (χ4v) is 3.44. The molecule has 4 heteroatoms. The van der Waals surface area contributed by atoms with E-state index in [1.54, 1.807) is 18.0 Å². The molecule has 0 bridgehead atoms. The van der Waals surface area contributed by atoms with Gasteiger partial charge in [-0.25, -0.2) is 4.79 Å². The van der Waals surface area contributed by atoms with E-state index in [-0.39, 0.29) is 17.9 Å². The molecular weight excluding hydrogens is 338 g/mol. The highest BCUT2D eigenvalue weighted by atomic mass is 16.5. The van der Waals surface area contributed by atoms with Gasteiger partial charge in [-0.2, -0.15) is 0 Å². The van der Waals surface area contributed by atoms with Crippen LogP contribution in [0.3, 0.4) is 0 Å². The first kappa shape index (κ1) is 18.6. The van der Waals surface area contributed by atoms with Gasteiger partial charge in [0.2, 0.25) is 5.91 Å².